The number of aromatic nitrogens is 1. The lowest BCUT2D eigenvalue weighted by Gasteiger charge is -2.20. The van der Waals surface area contributed by atoms with E-state index >= 15 is 0 Å². The quantitative estimate of drug-likeness (QED) is 0.0656. The molecule has 3 aromatic carbocycles. The molecular weight excluding hydrogens is 678 g/mol. The summed E-state index contributed by atoms with van der Waals surface area (Å²) in [4.78, 5) is 44.7. The first-order valence-electron chi connectivity index (χ1n) is 16.8. The monoisotopic (exact) mass is 721 g/mol. The van der Waals surface area contributed by atoms with Gasteiger partial charge >= 0.3 is 11.9 Å². The maximum atomic E-state index is 13.6. The number of likely N-dealkylation sites (tertiary alicyclic amines) is 1. The fourth-order valence-electron chi connectivity index (χ4n) is 6.14. The molecule has 12 heteroatoms. The highest BCUT2D eigenvalue weighted by Crippen LogP contribution is 2.35. The summed E-state index contributed by atoms with van der Waals surface area (Å²) in [6.45, 7) is 6.00. The Bertz CT molecular complexity index is 1760. The van der Waals surface area contributed by atoms with E-state index in [1.807, 2.05) is 25.1 Å². The first kappa shape index (κ1) is 37.2. The Labute approximate surface area is 301 Å². The number of aliphatic hydroxyl groups is 1. The van der Waals surface area contributed by atoms with Crippen molar-refractivity contribution in [2.24, 2.45) is 0 Å². The molecule has 1 aromatic heterocycles. The third kappa shape index (κ3) is 10.5. The van der Waals surface area contributed by atoms with E-state index in [9.17, 15) is 19.5 Å². The van der Waals surface area contributed by atoms with Gasteiger partial charge in [0.15, 0.2) is 0 Å². The number of thioether (sulfide) groups is 1. The van der Waals surface area contributed by atoms with Crippen LogP contribution in [0.4, 0.5) is 0 Å². The second-order valence-corrected chi connectivity index (χ2v) is 13.9. The number of hydrogen-bond donors (Lipinski definition) is 3. The van der Waals surface area contributed by atoms with Gasteiger partial charge in [-0.1, -0.05) is 23.7 Å². The molecular formula is C38H44ClN3O7S. The molecule has 2 unspecified atom stereocenters. The zero-order valence-corrected chi connectivity index (χ0v) is 30.0. The largest absolute Gasteiger partial charge is 0.497 e. The van der Waals surface area contributed by atoms with Crippen LogP contribution in [0, 0.1) is 6.92 Å². The number of benzene rings is 3. The molecule has 0 saturated carbocycles. The van der Waals surface area contributed by atoms with Gasteiger partial charge in [-0.05, 0) is 111 Å². The number of carbonyl (C=O) groups is 3. The predicted octanol–water partition coefficient (Wildman–Crippen LogP) is 6.27. The number of rotatable bonds is 17. The van der Waals surface area contributed by atoms with Gasteiger partial charge in [0.05, 0.1) is 37.1 Å². The number of halogens is 1. The Morgan fingerprint density at radius 3 is 2.58 bits per heavy atom. The van der Waals surface area contributed by atoms with E-state index in [4.69, 9.17) is 25.8 Å². The number of aromatic amines is 1. The maximum Gasteiger partial charge on any atom is 0.345 e. The fraction of sp³-hybridized carbons (Fsp3) is 0.395. The van der Waals surface area contributed by atoms with E-state index in [-0.39, 0.29) is 29.4 Å². The number of amides is 1. The van der Waals surface area contributed by atoms with Crippen molar-refractivity contribution in [3.8, 4) is 11.5 Å². The summed E-state index contributed by atoms with van der Waals surface area (Å²) in [5.74, 6) is -0.971. The number of aryl methyl sites for hydroxylation is 1. The number of fused-ring (bicyclic) bond motifs is 1. The number of H-pyrrole nitrogens is 1. The van der Waals surface area contributed by atoms with E-state index in [2.05, 4.69) is 27.3 Å². The number of methoxy groups -OCH3 is 1. The molecule has 1 aliphatic heterocycles. The van der Waals surface area contributed by atoms with Gasteiger partial charge in [-0.25, -0.2) is 4.79 Å². The van der Waals surface area contributed by atoms with Gasteiger partial charge in [-0.2, -0.15) is 0 Å². The molecule has 1 aliphatic rings. The van der Waals surface area contributed by atoms with Crippen molar-refractivity contribution in [1.29, 1.82) is 0 Å². The van der Waals surface area contributed by atoms with Gasteiger partial charge in [-0.3, -0.25) is 14.5 Å². The molecule has 0 spiro atoms. The van der Waals surface area contributed by atoms with Crippen molar-refractivity contribution < 1.29 is 33.7 Å². The van der Waals surface area contributed by atoms with Crippen LogP contribution in [0.25, 0.3) is 10.9 Å². The normalized spacial score (nSPS) is 14.3. The van der Waals surface area contributed by atoms with Gasteiger partial charge in [0.25, 0.3) is 0 Å². The van der Waals surface area contributed by atoms with E-state index in [1.54, 1.807) is 19.2 Å². The standard InChI is InChI=1S/C38H44ClN3O7S/c1-25-36(32-21-30(47-2)13-14-34(32)41-25)33(38(46)49-37(45)27-9-11-28(39)12-10-27)20-29(43)23-50-24-35(44)40-15-6-18-48-31-8-5-7-26(19-31)22-42-16-3-4-17-42/h5,7-14,19,21,29,33,41,43H,3-4,6,15-18,20,22-24H2,1-2H3,(H,40,44). The number of ether oxygens (including phenoxy) is 3. The SMILES string of the molecule is COc1ccc2[nH]c(C)c(C(CC(O)CSCC(=O)NCCCOc3cccc(CN4CCCC4)c3)C(=O)OC(=O)c3ccc(Cl)cc3)c2c1. The van der Waals surface area contributed by atoms with Gasteiger partial charge in [0.2, 0.25) is 5.91 Å². The van der Waals surface area contributed by atoms with Gasteiger partial charge in [0.1, 0.15) is 11.5 Å². The minimum Gasteiger partial charge on any atom is -0.497 e. The van der Waals surface area contributed by atoms with Crippen LogP contribution in [0.3, 0.4) is 0 Å². The van der Waals surface area contributed by atoms with Crippen LogP contribution in [-0.4, -0.2) is 83.8 Å². The average Bonchev–Trinajstić information content (AvgIpc) is 3.73. The molecule has 0 bridgehead atoms. The minimum atomic E-state index is -0.975. The zero-order valence-electron chi connectivity index (χ0n) is 28.4. The second kappa shape index (κ2) is 18.3. The van der Waals surface area contributed by atoms with Crippen molar-refractivity contribution in [2.75, 3.05) is 44.9 Å². The van der Waals surface area contributed by atoms with Crippen LogP contribution >= 0.6 is 23.4 Å². The molecule has 0 aliphatic carbocycles. The summed E-state index contributed by atoms with van der Waals surface area (Å²) in [6.07, 6.45) is 2.18. The number of hydrogen-bond acceptors (Lipinski definition) is 9. The summed E-state index contributed by atoms with van der Waals surface area (Å²) in [5, 5.41) is 15.1. The Kier molecular flexibility index (Phi) is 13.6. The van der Waals surface area contributed by atoms with Crippen LogP contribution in [0.1, 0.15) is 58.8 Å². The lowest BCUT2D eigenvalue weighted by Crippen LogP contribution is -2.28. The smallest absolute Gasteiger partial charge is 0.345 e. The molecule has 50 heavy (non-hydrogen) atoms. The third-order valence-electron chi connectivity index (χ3n) is 8.62. The van der Waals surface area contributed by atoms with Gasteiger partial charge in [-0.15, -0.1) is 11.8 Å². The topological polar surface area (TPSA) is 130 Å². The Morgan fingerprint density at radius 2 is 1.82 bits per heavy atom. The summed E-state index contributed by atoms with van der Waals surface area (Å²) < 4.78 is 16.7. The summed E-state index contributed by atoms with van der Waals surface area (Å²) >= 11 is 7.21. The molecule has 1 amide bonds. The van der Waals surface area contributed by atoms with Crippen molar-refractivity contribution in [1.82, 2.24) is 15.2 Å². The summed E-state index contributed by atoms with van der Waals surface area (Å²) in [6, 6.07) is 19.7. The molecule has 0 radical (unpaired) electrons. The molecule has 266 valence electrons. The van der Waals surface area contributed by atoms with E-state index in [1.165, 1.54) is 54.4 Å². The number of esters is 2. The molecule has 2 heterocycles. The highest BCUT2D eigenvalue weighted by molar-refractivity contribution is 7.99. The van der Waals surface area contributed by atoms with E-state index in [0.717, 1.165) is 36.3 Å². The number of carbonyl (C=O) groups excluding carboxylic acids is 3. The molecule has 1 saturated heterocycles. The number of nitrogens with one attached hydrogen (secondary N) is 2. The Morgan fingerprint density at radius 1 is 1.04 bits per heavy atom. The lowest BCUT2D eigenvalue weighted by molar-refractivity contribution is -0.140. The van der Waals surface area contributed by atoms with Crippen LogP contribution < -0.4 is 14.8 Å². The van der Waals surface area contributed by atoms with Crippen LogP contribution in [0.15, 0.2) is 66.7 Å². The van der Waals surface area contributed by atoms with Crippen molar-refractivity contribution in [3.63, 3.8) is 0 Å². The highest BCUT2D eigenvalue weighted by atomic mass is 35.5. The highest BCUT2D eigenvalue weighted by Gasteiger charge is 2.32. The third-order valence-corrected chi connectivity index (χ3v) is 9.95. The lowest BCUT2D eigenvalue weighted by atomic mass is 9.91. The molecule has 10 nitrogen and oxygen atoms in total. The van der Waals surface area contributed by atoms with Crippen molar-refractivity contribution in [2.45, 2.75) is 51.2 Å². The van der Waals surface area contributed by atoms with Gasteiger partial charge < -0.3 is 29.6 Å². The summed E-state index contributed by atoms with van der Waals surface area (Å²) in [7, 11) is 1.55. The van der Waals surface area contributed by atoms with E-state index < -0.39 is 24.0 Å². The van der Waals surface area contributed by atoms with E-state index in [0.29, 0.717) is 41.6 Å². The molecule has 4 aromatic rings. The molecule has 2 atom stereocenters. The Hall–Kier alpha value is -4.03. The Balaban J connectivity index is 1.11. The van der Waals surface area contributed by atoms with Gasteiger partial charge in [0, 0.05) is 40.5 Å². The number of aliphatic hydroxyl groups excluding tert-OH is 1. The van der Waals surface area contributed by atoms with Crippen molar-refractivity contribution >= 4 is 52.1 Å². The van der Waals surface area contributed by atoms with Crippen molar-refractivity contribution in [3.05, 3.63) is 94.1 Å². The first-order chi connectivity index (χ1) is 24.2. The second-order valence-electron chi connectivity index (χ2n) is 12.4. The maximum absolute atomic E-state index is 13.6. The number of nitrogens with zero attached hydrogens (tertiary/aromatic N) is 1. The predicted molar refractivity (Wildman–Crippen MR) is 196 cm³/mol. The molecule has 1 fully saturated rings. The summed E-state index contributed by atoms with van der Waals surface area (Å²) in [5.41, 5.74) is 3.50. The fourth-order valence-corrected chi connectivity index (χ4v) is 7.08. The van der Waals surface area contributed by atoms with Crippen LogP contribution in [-0.2, 0) is 20.9 Å². The van der Waals surface area contributed by atoms with Crippen LogP contribution in [0.2, 0.25) is 5.02 Å². The first-order valence-corrected chi connectivity index (χ1v) is 18.4. The molecule has 5 rings (SSSR count). The minimum absolute atomic E-state index is 0.0249. The zero-order chi connectivity index (χ0) is 35.5. The molecule has 3 N–H and O–H groups in total. The average molecular weight is 722 g/mol. The van der Waals surface area contributed by atoms with Crippen LogP contribution in [0.5, 0.6) is 11.5 Å².